The number of carbonyl (C=O) groups is 4. The number of ether oxygens (including phenoxy) is 1. The van der Waals surface area contributed by atoms with E-state index in [-0.39, 0.29) is 51.1 Å². The lowest BCUT2D eigenvalue weighted by Crippen LogP contribution is -2.49. The third-order valence-electron chi connectivity index (χ3n) is 6.06. The van der Waals surface area contributed by atoms with Crippen molar-refractivity contribution in [3.63, 3.8) is 0 Å². The molecule has 160 valence electrons. The second-order valence-electron chi connectivity index (χ2n) is 8.06. The third-order valence-corrected chi connectivity index (χ3v) is 6.45. The molecule has 0 aromatic heterocycles. The van der Waals surface area contributed by atoms with Crippen LogP contribution in [0.25, 0.3) is 0 Å². The fourth-order valence-corrected chi connectivity index (χ4v) is 4.82. The monoisotopic (exact) mass is 439 g/mol. The number of nitrogens with zero attached hydrogens (tertiary/aromatic N) is 1. The zero-order valence-corrected chi connectivity index (χ0v) is 18.1. The van der Waals surface area contributed by atoms with Crippen molar-refractivity contribution >= 4 is 35.0 Å². The van der Waals surface area contributed by atoms with Gasteiger partial charge >= 0.3 is 5.97 Å². The maximum atomic E-state index is 12.9. The summed E-state index contributed by atoms with van der Waals surface area (Å²) >= 11 is 6.39. The molecule has 31 heavy (non-hydrogen) atoms. The molecule has 0 unspecified atom stereocenters. The predicted molar refractivity (Wildman–Crippen MR) is 115 cm³/mol. The number of benzene rings is 2. The minimum absolute atomic E-state index is 0.00980. The summed E-state index contributed by atoms with van der Waals surface area (Å²) in [5.41, 5.74) is 0.646. The van der Waals surface area contributed by atoms with Gasteiger partial charge in [-0.25, -0.2) is 4.79 Å². The van der Waals surface area contributed by atoms with Gasteiger partial charge in [0.2, 0.25) is 0 Å². The van der Waals surface area contributed by atoms with Gasteiger partial charge in [-0.2, -0.15) is 0 Å². The average molecular weight is 440 g/mol. The van der Waals surface area contributed by atoms with E-state index in [2.05, 4.69) is 0 Å². The van der Waals surface area contributed by atoms with Crippen molar-refractivity contribution in [2.45, 2.75) is 45.2 Å². The van der Waals surface area contributed by atoms with Crippen LogP contribution in [0.5, 0.6) is 0 Å². The maximum absolute atomic E-state index is 12.9. The lowest BCUT2D eigenvalue weighted by Gasteiger charge is -2.38. The Bertz CT molecular complexity index is 1100. The summed E-state index contributed by atoms with van der Waals surface area (Å²) in [5, 5.41) is -0.137. The number of esters is 1. The van der Waals surface area contributed by atoms with E-state index >= 15 is 0 Å². The van der Waals surface area contributed by atoms with Gasteiger partial charge in [0.15, 0.2) is 18.2 Å². The Hall–Kier alpha value is -2.99. The molecule has 1 aliphatic carbocycles. The molecule has 1 saturated heterocycles. The molecule has 2 aromatic carbocycles. The van der Waals surface area contributed by atoms with Gasteiger partial charge in [0.05, 0.1) is 16.1 Å². The molecule has 0 N–H and O–H groups in total. The van der Waals surface area contributed by atoms with Crippen LogP contribution in [0.15, 0.2) is 36.4 Å². The second-order valence-corrected chi connectivity index (χ2v) is 8.44. The number of hydrogen-bond donors (Lipinski definition) is 0. The fraction of sp³-hybridized carbons (Fsp3) is 0.333. The van der Waals surface area contributed by atoms with Crippen molar-refractivity contribution in [3.8, 4) is 0 Å². The molecule has 1 fully saturated rings. The van der Waals surface area contributed by atoms with Crippen LogP contribution in [0.3, 0.4) is 0 Å². The summed E-state index contributed by atoms with van der Waals surface area (Å²) < 4.78 is 5.23. The average Bonchev–Trinajstić information content (AvgIpc) is 2.75. The van der Waals surface area contributed by atoms with Gasteiger partial charge in [-0.05, 0) is 45.2 Å². The first-order chi connectivity index (χ1) is 14.8. The summed E-state index contributed by atoms with van der Waals surface area (Å²) in [4.78, 5) is 52.7. The van der Waals surface area contributed by atoms with Gasteiger partial charge in [-0.1, -0.05) is 35.9 Å². The van der Waals surface area contributed by atoms with Crippen molar-refractivity contribution in [2.75, 3.05) is 6.61 Å². The highest BCUT2D eigenvalue weighted by Gasteiger charge is 2.34. The number of carbonyl (C=O) groups excluding carboxylic acids is 4. The Morgan fingerprint density at radius 1 is 0.968 bits per heavy atom. The van der Waals surface area contributed by atoms with Crippen LogP contribution < -0.4 is 0 Å². The summed E-state index contributed by atoms with van der Waals surface area (Å²) in [6, 6.07) is 9.43. The van der Waals surface area contributed by atoms with Crippen LogP contribution in [0.1, 0.15) is 75.3 Å². The molecular weight excluding hydrogens is 418 g/mol. The van der Waals surface area contributed by atoms with E-state index in [1.54, 1.807) is 29.2 Å². The second kappa shape index (κ2) is 8.27. The van der Waals surface area contributed by atoms with Gasteiger partial charge < -0.3 is 9.64 Å². The maximum Gasteiger partial charge on any atom is 0.340 e. The van der Waals surface area contributed by atoms with Crippen LogP contribution in [-0.2, 0) is 9.53 Å². The summed E-state index contributed by atoms with van der Waals surface area (Å²) in [6.07, 6.45) is 2.89. The molecule has 1 aliphatic heterocycles. The van der Waals surface area contributed by atoms with Crippen molar-refractivity contribution < 1.29 is 23.9 Å². The van der Waals surface area contributed by atoms with Crippen molar-refractivity contribution in [1.82, 2.24) is 4.90 Å². The summed E-state index contributed by atoms with van der Waals surface area (Å²) in [7, 11) is 0. The van der Waals surface area contributed by atoms with E-state index < -0.39 is 18.4 Å². The lowest BCUT2D eigenvalue weighted by molar-refractivity contribution is -0.140. The van der Waals surface area contributed by atoms with E-state index in [0.29, 0.717) is 5.56 Å². The zero-order chi connectivity index (χ0) is 22.3. The van der Waals surface area contributed by atoms with E-state index in [0.717, 1.165) is 19.3 Å². The quantitative estimate of drug-likeness (QED) is 0.575. The molecule has 4 rings (SSSR count). The van der Waals surface area contributed by atoms with Gasteiger partial charge in [-0.15, -0.1) is 0 Å². The van der Waals surface area contributed by atoms with Crippen LogP contribution >= 0.6 is 11.6 Å². The molecule has 1 heterocycles. The number of piperidine rings is 1. The van der Waals surface area contributed by atoms with Crippen LogP contribution in [-0.4, -0.2) is 47.0 Å². The number of ketones is 2. The molecule has 0 saturated carbocycles. The Morgan fingerprint density at radius 2 is 1.58 bits per heavy atom. The first-order valence-corrected chi connectivity index (χ1v) is 10.7. The van der Waals surface area contributed by atoms with E-state index in [4.69, 9.17) is 16.3 Å². The van der Waals surface area contributed by atoms with E-state index in [1.165, 1.54) is 12.1 Å². The predicted octanol–water partition coefficient (Wildman–Crippen LogP) is 4.06. The number of hydrogen-bond acceptors (Lipinski definition) is 5. The number of fused-ring (bicyclic) bond motifs is 2. The van der Waals surface area contributed by atoms with Crippen LogP contribution in [0, 0.1) is 0 Å². The van der Waals surface area contributed by atoms with E-state index in [1.807, 2.05) is 13.8 Å². The normalized spacial score (nSPS) is 20.2. The highest BCUT2D eigenvalue weighted by Crippen LogP contribution is 2.34. The Morgan fingerprint density at radius 3 is 2.23 bits per heavy atom. The van der Waals surface area contributed by atoms with E-state index in [9.17, 15) is 19.2 Å². The molecular formula is C24H22ClNO5. The van der Waals surface area contributed by atoms with Crippen molar-refractivity contribution in [1.29, 1.82) is 0 Å². The molecule has 0 bridgehead atoms. The molecule has 2 aliphatic rings. The number of rotatable bonds is 3. The molecule has 0 radical (unpaired) electrons. The first-order valence-electron chi connectivity index (χ1n) is 10.3. The fourth-order valence-electron chi connectivity index (χ4n) is 4.50. The third kappa shape index (κ3) is 3.65. The number of likely N-dealkylation sites (tertiary alicyclic amines) is 1. The SMILES string of the molecule is C[C@@H]1CCC[C@@H](C)N1C(=O)COC(=O)c1ccc2c(c1Cl)C(=O)c1ccccc1C2=O. The van der Waals surface area contributed by atoms with Gasteiger partial charge in [0, 0.05) is 28.8 Å². The molecule has 7 heteroatoms. The Kier molecular flexibility index (Phi) is 5.67. The topological polar surface area (TPSA) is 80.8 Å². The van der Waals surface area contributed by atoms with Gasteiger partial charge in [-0.3, -0.25) is 14.4 Å². The Balaban J connectivity index is 1.56. The van der Waals surface area contributed by atoms with Crippen LogP contribution in [0.4, 0.5) is 0 Å². The highest BCUT2D eigenvalue weighted by molar-refractivity contribution is 6.41. The van der Waals surface area contributed by atoms with Gasteiger partial charge in [0.1, 0.15) is 0 Å². The molecule has 1 amide bonds. The molecule has 2 aromatic rings. The zero-order valence-electron chi connectivity index (χ0n) is 17.3. The summed E-state index contributed by atoms with van der Waals surface area (Å²) in [6.45, 7) is 3.56. The minimum Gasteiger partial charge on any atom is -0.452 e. The number of amides is 1. The molecule has 6 nitrogen and oxygen atoms in total. The van der Waals surface area contributed by atoms with Crippen molar-refractivity contribution in [2.24, 2.45) is 0 Å². The summed E-state index contributed by atoms with van der Waals surface area (Å²) in [5.74, 6) is -1.81. The molecule has 0 spiro atoms. The largest absolute Gasteiger partial charge is 0.452 e. The smallest absolute Gasteiger partial charge is 0.340 e. The standard InChI is InChI=1S/C24H22ClNO5/c1-13-6-5-7-14(2)26(13)19(27)12-31-24(30)18-11-10-17-20(21(18)25)23(29)16-9-4-3-8-15(16)22(17)28/h3-4,8-11,13-14H,5-7,12H2,1-2H3/t13-,14-/m1/s1. The lowest BCUT2D eigenvalue weighted by atomic mass is 9.83. The minimum atomic E-state index is -0.808. The highest BCUT2D eigenvalue weighted by atomic mass is 35.5. The van der Waals surface area contributed by atoms with Crippen LogP contribution in [0.2, 0.25) is 5.02 Å². The Labute approximate surface area is 185 Å². The molecule has 2 atom stereocenters. The van der Waals surface area contributed by atoms with Gasteiger partial charge in [0.25, 0.3) is 5.91 Å². The number of halogens is 1. The van der Waals surface area contributed by atoms with Crippen molar-refractivity contribution in [3.05, 3.63) is 69.2 Å². The first kappa shape index (κ1) is 21.2.